The van der Waals surface area contributed by atoms with Crippen LogP contribution in [0.2, 0.25) is 0 Å². The Hall–Kier alpha value is -5.51. The monoisotopic (exact) mass is 627 g/mol. The molecule has 0 spiro atoms. The van der Waals surface area contributed by atoms with E-state index in [0.717, 1.165) is 40.1 Å². The molecule has 0 saturated heterocycles. The van der Waals surface area contributed by atoms with Gasteiger partial charge in [-0.25, -0.2) is 0 Å². The number of nitrogens with zero attached hydrogens (tertiary/aromatic N) is 1. The van der Waals surface area contributed by atoms with E-state index in [9.17, 15) is 0 Å². The molecule has 3 N–H and O–H groups in total. The predicted molar refractivity (Wildman–Crippen MR) is 208 cm³/mol. The van der Waals surface area contributed by atoms with Crippen LogP contribution < -0.4 is 11.1 Å². The molecule has 5 rings (SSSR count). The third-order valence-electron chi connectivity index (χ3n) is 8.37. The highest BCUT2D eigenvalue weighted by Gasteiger charge is 2.21. The van der Waals surface area contributed by atoms with Gasteiger partial charge in [-0.1, -0.05) is 158 Å². The molecule has 0 heterocycles. The largest absolute Gasteiger partial charge is 0.401 e. The van der Waals surface area contributed by atoms with Gasteiger partial charge in [0.1, 0.15) is 6.17 Å². The van der Waals surface area contributed by atoms with E-state index in [1.165, 1.54) is 27.8 Å². The smallest absolute Gasteiger partial charge is 0.126 e. The maximum absolute atomic E-state index is 6.49. The summed E-state index contributed by atoms with van der Waals surface area (Å²) in [6.45, 7) is 9.94. The lowest BCUT2D eigenvalue weighted by molar-refractivity contribution is 0.502. The number of benzene rings is 5. The summed E-state index contributed by atoms with van der Waals surface area (Å²) in [7, 11) is 0. The molecule has 0 fully saturated rings. The Balaban J connectivity index is 1.71. The molecule has 0 aliphatic carbocycles. The Morgan fingerprint density at radius 1 is 0.729 bits per heavy atom. The van der Waals surface area contributed by atoms with Crippen molar-refractivity contribution >= 4 is 5.71 Å². The first-order valence-electron chi connectivity index (χ1n) is 16.6. The van der Waals surface area contributed by atoms with Gasteiger partial charge in [-0.05, 0) is 83.0 Å². The quantitative estimate of drug-likeness (QED) is 0.101. The average Bonchev–Trinajstić information content (AvgIpc) is 3.14. The van der Waals surface area contributed by atoms with Crippen LogP contribution in [0.1, 0.15) is 38.9 Å². The average molecular weight is 628 g/mol. The molecule has 240 valence electrons. The second-order valence-electron chi connectivity index (χ2n) is 11.8. The summed E-state index contributed by atoms with van der Waals surface area (Å²) >= 11 is 0. The van der Waals surface area contributed by atoms with Gasteiger partial charge in [0.25, 0.3) is 0 Å². The van der Waals surface area contributed by atoms with E-state index < -0.39 is 0 Å². The lowest BCUT2D eigenvalue weighted by Crippen LogP contribution is -2.34. The van der Waals surface area contributed by atoms with Crippen molar-refractivity contribution in [2.75, 3.05) is 0 Å². The first-order chi connectivity index (χ1) is 23.5. The maximum Gasteiger partial charge on any atom is 0.126 e. The second-order valence-corrected chi connectivity index (χ2v) is 11.8. The number of nitrogens with two attached hydrogens (primary N) is 1. The zero-order valence-electron chi connectivity index (χ0n) is 28.2. The van der Waals surface area contributed by atoms with E-state index in [1.807, 2.05) is 31.2 Å². The lowest BCUT2D eigenvalue weighted by Gasteiger charge is -2.24. The molecule has 3 nitrogen and oxygen atoms in total. The number of hydrogen-bond donors (Lipinski definition) is 2. The van der Waals surface area contributed by atoms with Gasteiger partial charge in [-0.3, -0.25) is 10.3 Å². The fourth-order valence-electron chi connectivity index (χ4n) is 5.87. The summed E-state index contributed by atoms with van der Waals surface area (Å²) in [4.78, 5) is 5.20. The van der Waals surface area contributed by atoms with Gasteiger partial charge >= 0.3 is 0 Å². The predicted octanol–water partition coefficient (Wildman–Crippen LogP) is 11.3. The number of nitrogens with one attached hydrogen (secondary N) is 1. The lowest BCUT2D eigenvalue weighted by atomic mass is 9.84. The van der Waals surface area contributed by atoms with Crippen molar-refractivity contribution in [1.82, 2.24) is 5.32 Å². The van der Waals surface area contributed by atoms with E-state index >= 15 is 0 Å². The molecule has 0 aromatic heterocycles. The minimum Gasteiger partial charge on any atom is -0.401 e. The van der Waals surface area contributed by atoms with Crippen molar-refractivity contribution in [2.24, 2.45) is 10.7 Å². The highest BCUT2D eigenvalue weighted by Crippen LogP contribution is 2.44. The number of rotatable bonds is 13. The summed E-state index contributed by atoms with van der Waals surface area (Å²) in [5.41, 5.74) is 18.7. The second kappa shape index (κ2) is 16.9. The van der Waals surface area contributed by atoms with Crippen LogP contribution in [-0.4, -0.2) is 11.8 Å². The Morgan fingerprint density at radius 3 is 1.96 bits per heavy atom. The Labute approximate surface area is 286 Å². The van der Waals surface area contributed by atoms with Crippen molar-refractivity contribution in [1.29, 1.82) is 0 Å². The molecule has 0 radical (unpaired) electrons. The zero-order valence-corrected chi connectivity index (χ0v) is 28.2. The molecular formula is C45H45N3. The fourth-order valence-corrected chi connectivity index (χ4v) is 5.87. The van der Waals surface area contributed by atoms with Crippen LogP contribution in [0.5, 0.6) is 0 Å². The van der Waals surface area contributed by atoms with Crippen LogP contribution in [0, 0.1) is 0 Å². The third kappa shape index (κ3) is 8.44. The summed E-state index contributed by atoms with van der Waals surface area (Å²) in [5.74, 6) is 0. The maximum atomic E-state index is 6.49. The molecule has 2 unspecified atom stereocenters. The van der Waals surface area contributed by atoms with Gasteiger partial charge in [0.05, 0.1) is 0 Å². The van der Waals surface area contributed by atoms with Gasteiger partial charge in [-0.2, -0.15) is 0 Å². The molecule has 0 amide bonds. The van der Waals surface area contributed by atoms with E-state index in [2.05, 4.69) is 159 Å². The van der Waals surface area contributed by atoms with Crippen molar-refractivity contribution < 1.29 is 0 Å². The van der Waals surface area contributed by atoms with Gasteiger partial charge in [-0.15, -0.1) is 0 Å². The molecule has 0 aliphatic heterocycles. The van der Waals surface area contributed by atoms with Crippen LogP contribution in [0.4, 0.5) is 0 Å². The van der Waals surface area contributed by atoms with Gasteiger partial charge in [0, 0.05) is 23.9 Å². The van der Waals surface area contributed by atoms with Crippen LogP contribution >= 0.6 is 0 Å². The van der Waals surface area contributed by atoms with Crippen LogP contribution in [-0.2, 0) is 0 Å². The van der Waals surface area contributed by atoms with Crippen LogP contribution in [0.25, 0.3) is 44.5 Å². The molecular weight excluding hydrogens is 583 g/mol. The zero-order chi connectivity index (χ0) is 33.7. The molecule has 5 aromatic rings. The van der Waals surface area contributed by atoms with Gasteiger partial charge in [0.2, 0.25) is 0 Å². The topological polar surface area (TPSA) is 50.4 Å². The fraction of sp³-hybridized carbons (Fsp3) is 0.133. The Kier molecular flexibility index (Phi) is 11.9. The SMILES string of the molecule is C=C/C=C\C/C(C)=N/C(NC(C)/C(N)=C/C=C\C)c1ccc(-c2cccc(-c3ccccc3)c2-c2ccccc2)c(-c2ccccc2)c1. The number of aliphatic imine (C=N–C) groups is 1. The number of allylic oxidation sites excluding steroid dienone is 6. The first kappa shape index (κ1) is 33.8. The number of hydrogen-bond acceptors (Lipinski definition) is 3. The first-order valence-corrected chi connectivity index (χ1v) is 16.6. The molecule has 5 aromatic carbocycles. The van der Waals surface area contributed by atoms with Crippen molar-refractivity contribution in [2.45, 2.75) is 39.4 Å². The summed E-state index contributed by atoms with van der Waals surface area (Å²) in [6, 6.07) is 45.3. The Morgan fingerprint density at radius 2 is 1.33 bits per heavy atom. The minimum atomic E-state index is -0.310. The molecule has 0 bridgehead atoms. The highest BCUT2D eigenvalue weighted by molar-refractivity contribution is 5.98. The molecule has 2 atom stereocenters. The van der Waals surface area contributed by atoms with Gasteiger partial charge < -0.3 is 5.73 Å². The summed E-state index contributed by atoms with van der Waals surface area (Å²) in [6.07, 6.45) is 12.1. The van der Waals surface area contributed by atoms with Crippen molar-refractivity contribution in [3.05, 3.63) is 182 Å². The van der Waals surface area contributed by atoms with E-state index in [1.54, 1.807) is 6.08 Å². The summed E-state index contributed by atoms with van der Waals surface area (Å²) in [5, 5.41) is 3.71. The minimum absolute atomic E-state index is 0.0986. The molecule has 48 heavy (non-hydrogen) atoms. The van der Waals surface area contributed by atoms with Crippen LogP contribution in [0.3, 0.4) is 0 Å². The van der Waals surface area contributed by atoms with E-state index in [0.29, 0.717) is 0 Å². The van der Waals surface area contributed by atoms with Gasteiger partial charge in [0.15, 0.2) is 0 Å². The standard InChI is InChI=1S/C45H45N3/c1-5-7-12-20-33(3)47-45(48-34(4)43(46)29-8-6-2)38-30-31-40(42(32-38)36-23-15-10-16-24-36)41-28-19-27-39(35-21-13-9-14-22-35)44(41)37-25-17-11-18-26-37/h5-19,21-32,34,45,48H,1,20,46H2,2-4H3/b8-6-,12-7-,43-29-,47-33+. The van der Waals surface area contributed by atoms with Crippen molar-refractivity contribution in [3.8, 4) is 44.5 Å². The molecule has 0 aliphatic rings. The normalized spacial score (nSPS) is 13.6. The third-order valence-corrected chi connectivity index (χ3v) is 8.37. The summed E-state index contributed by atoms with van der Waals surface area (Å²) < 4.78 is 0. The van der Waals surface area contributed by atoms with Crippen LogP contribution in [0.15, 0.2) is 181 Å². The Bertz CT molecular complexity index is 1920. The highest BCUT2D eigenvalue weighted by atomic mass is 15.1. The van der Waals surface area contributed by atoms with E-state index in [-0.39, 0.29) is 12.2 Å². The van der Waals surface area contributed by atoms with Crippen molar-refractivity contribution in [3.63, 3.8) is 0 Å². The van der Waals surface area contributed by atoms with E-state index in [4.69, 9.17) is 10.7 Å². The molecule has 0 saturated carbocycles. The molecule has 3 heteroatoms.